The quantitative estimate of drug-likeness (QED) is 0.206. The molecule has 0 spiro atoms. The maximum Gasteiger partial charge on any atom is 0.275 e. The number of nitriles is 1. The standard InChI is InChI=1S/C45H51ClN8O5/c1-44(2)42(45(3,4)43(44)59-34-12-8-30(25-47)36(46)24-34)50-39(56)29-5-9-32(10-6-29)52-17-15-28(16-18-52)27-51-19-21-53(22-20-51)33-11-7-31-26-48-54(41(58)35(31)23-33)37-13-14-38(55)49-40(37)57/h5-12,23-24,26,28,37,42-43H,13-22,27H2,1-4H3,(H,50,56)(H,49,55,57)/t37-,42?,43?/m1/s1. The first-order chi connectivity index (χ1) is 28.2. The van der Waals surface area contributed by atoms with E-state index in [0.717, 1.165) is 75.4 Å². The summed E-state index contributed by atoms with van der Waals surface area (Å²) in [7, 11) is 0. The molecule has 13 nitrogen and oxygen atoms in total. The number of carbonyl (C=O) groups excluding carboxylic acids is 3. The number of anilines is 2. The Balaban J connectivity index is 0.802. The molecule has 2 N–H and O–H groups in total. The number of piperazine rings is 1. The van der Waals surface area contributed by atoms with Gasteiger partial charge in [-0.1, -0.05) is 45.4 Å². The molecule has 308 valence electrons. The highest BCUT2D eigenvalue weighted by Crippen LogP contribution is 2.55. The number of benzene rings is 3. The minimum absolute atomic E-state index is 0.104. The Kier molecular flexibility index (Phi) is 10.9. The zero-order chi connectivity index (χ0) is 41.6. The van der Waals surface area contributed by atoms with Gasteiger partial charge >= 0.3 is 0 Å². The lowest BCUT2D eigenvalue weighted by Gasteiger charge is -2.63. The number of carbonyl (C=O) groups is 3. The van der Waals surface area contributed by atoms with Crippen LogP contribution in [-0.4, -0.2) is 90.4 Å². The predicted molar refractivity (Wildman–Crippen MR) is 227 cm³/mol. The molecule has 0 bridgehead atoms. The van der Waals surface area contributed by atoms with E-state index in [4.69, 9.17) is 16.3 Å². The Morgan fingerprint density at radius 2 is 1.58 bits per heavy atom. The maximum atomic E-state index is 13.5. The van der Waals surface area contributed by atoms with E-state index in [1.807, 2.05) is 30.3 Å². The van der Waals surface area contributed by atoms with Gasteiger partial charge in [0.2, 0.25) is 5.91 Å². The number of aromatic nitrogens is 2. The molecule has 1 aromatic heterocycles. The van der Waals surface area contributed by atoms with Crippen molar-refractivity contribution in [3.63, 3.8) is 0 Å². The van der Waals surface area contributed by atoms with Gasteiger partial charge in [0.15, 0.2) is 0 Å². The van der Waals surface area contributed by atoms with Crippen molar-refractivity contribution in [3.8, 4) is 11.8 Å². The van der Waals surface area contributed by atoms with Crippen LogP contribution in [0.3, 0.4) is 0 Å². The molecule has 1 saturated carbocycles. The Morgan fingerprint density at radius 3 is 2.24 bits per heavy atom. The molecule has 4 aliphatic rings. The lowest BCUT2D eigenvalue weighted by atomic mass is 9.49. The van der Waals surface area contributed by atoms with Gasteiger partial charge in [0.25, 0.3) is 17.4 Å². The average Bonchev–Trinajstić information content (AvgIpc) is 3.23. The molecule has 59 heavy (non-hydrogen) atoms. The van der Waals surface area contributed by atoms with Crippen molar-refractivity contribution in [3.05, 3.63) is 93.4 Å². The zero-order valence-electron chi connectivity index (χ0n) is 34.0. The second kappa shape index (κ2) is 16.0. The highest BCUT2D eigenvalue weighted by molar-refractivity contribution is 6.31. The van der Waals surface area contributed by atoms with Gasteiger partial charge in [-0.25, -0.2) is 4.68 Å². The molecule has 8 rings (SSSR count). The first-order valence-corrected chi connectivity index (χ1v) is 21.0. The van der Waals surface area contributed by atoms with Crippen LogP contribution in [0.4, 0.5) is 11.4 Å². The Morgan fingerprint density at radius 1 is 0.898 bits per heavy atom. The lowest BCUT2D eigenvalue weighted by Crippen LogP contribution is -2.74. The van der Waals surface area contributed by atoms with Crippen molar-refractivity contribution >= 4 is 51.5 Å². The van der Waals surface area contributed by atoms with E-state index in [-0.39, 0.29) is 53.2 Å². The highest BCUT2D eigenvalue weighted by Gasteiger charge is 2.64. The third kappa shape index (κ3) is 7.88. The normalized spacial score (nSPS) is 23.3. The zero-order valence-corrected chi connectivity index (χ0v) is 34.8. The van der Waals surface area contributed by atoms with Crippen LogP contribution in [0, 0.1) is 28.1 Å². The molecule has 3 aliphatic heterocycles. The van der Waals surface area contributed by atoms with E-state index in [1.54, 1.807) is 24.4 Å². The summed E-state index contributed by atoms with van der Waals surface area (Å²) in [5.41, 5.74) is 2.13. The van der Waals surface area contributed by atoms with Crippen LogP contribution in [0.5, 0.6) is 5.75 Å². The van der Waals surface area contributed by atoms with Crippen LogP contribution in [0.15, 0.2) is 71.7 Å². The monoisotopic (exact) mass is 818 g/mol. The SMILES string of the molecule is CC1(C)C(NC(=O)c2ccc(N3CCC(CN4CCN(c5ccc6cnn([C@@H]7CCC(=O)NC7=O)c(=O)c6c5)CC4)CC3)cc2)C(C)(C)C1Oc1ccc(C#N)c(Cl)c1. The summed E-state index contributed by atoms with van der Waals surface area (Å²) in [5.74, 6) is 0.293. The van der Waals surface area contributed by atoms with Gasteiger partial charge in [-0.2, -0.15) is 10.4 Å². The van der Waals surface area contributed by atoms with E-state index in [2.05, 4.69) is 76.3 Å². The topological polar surface area (TPSA) is 153 Å². The second-order valence-electron chi connectivity index (χ2n) is 17.7. The molecule has 3 aromatic carbocycles. The fourth-order valence-corrected chi connectivity index (χ4v) is 10.3. The third-order valence-corrected chi connectivity index (χ3v) is 13.4. The number of hydrogen-bond donors (Lipinski definition) is 2. The average molecular weight is 819 g/mol. The van der Waals surface area contributed by atoms with E-state index >= 15 is 0 Å². The van der Waals surface area contributed by atoms with Crippen molar-refractivity contribution in [2.45, 2.75) is 71.6 Å². The lowest BCUT2D eigenvalue weighted by molar-refractivity contribution is -0.164. The number of rotatable bonds is 9. The molecule has 1 atom stereocenters. The van der Waals surface area contributed by atoms with Crippen LogP contribution >= 0.6 is 11.6 Å². The number of nitrogens with zero attached hydrogens (tertiary/aromatic N) is 6. The summed E-state index contributed by atoms with van der Waals surface area (Å²) >= 11 is 6.26. The summed E-state index contributed by atoms with van der Waals surface area (Å²) in [6.45, 7) is 15.0. The van der Waals surface area contributed by atoms with Gasteiger partial charge in [0.05, 0.1) is 22.2 Å². The number of fused-ring (bicyclic) bond motifs is 1. The van der Waals surface area contributed by atoms with Crippen LogP contribution in [-0.2, 0) is 9.59 Å². The van der Waals surface area contributed by atoms with Crippen LogP contribution < -0.4 is 30.7 Å². The van der Waals surface area contributed by atoms with Gasteiger partial charge in [-0.3, -0.25) is 29.4 Å². The summed E-state index contributed by atoms with van der Waals surface area (Å²) in [6, 6.07) is 20.1. The van der Waals surface area contributed by atoms with Crippen LogP contribution in [0.2, 0.25) is 5.02 Å². The Bertz CT molecular complexity index is 2360. The summed E-state index contributed by atoms with van der Waals surface area (Å²) in [5, 5.41) is 20.7. The van der Waals surface area contributed by atoms with Gasteiger partial charge in [-0.05, 0) is 73.7 Å². The molecule has 14 heteroatoms. The number of halogens is 1. The first kappa shape index (κ1) is 40.3. The molecule has 4 fully saturated rings. The van der Waals surface area contributed by atoms with Crippen LogP contribution in [0.1, 0.15) is 75.3 Å². The van der Waals surface area contributed by atoms with E-state index < -0.39 is 11.9 Å². The van der Waals surface area contributed by atoms with Gasteiger partial charge in [0.1, 0.15) is 24.0 Å². The van der Waals surface area contributed by atoms with Gasteiger partial charge in [0, 0.05) is 97.5 Å². The fourth-order valence-electron chi connectivity index (χ4n) is 10.0. The van der Waals surface area contributed by atoms with Gasteiger partial charge in [-0.15, -0.1) is 0 Å². The molecule has 3 saturated heterocycles. The van der Waals surface area contributed by atoms with Crippen molar-refractivity contribution < 1.29 is 19.1 Å². The molecule has 4 heterocycles. The number of piperidine rings is 2. The van der Waals surface area contributed by atoms with Gasteiger partial charge < -0.3 is 19.9 Å². The van der Waals surface area contributed by atoms with Crippen LogP contribution in [0.25, 0.3) is 10.8 Å². The van der Waals surface area contributed by atoms with Crippen molar-refractivity contribution in [1.29, 1.82) is 5.26 Å². The van der Waals surface area contributed by atoms with E-state index in [9.17, 15) is 24.4 Å². The number of ether oxygens (including phenoxy) is 1. The second-order valence-corrected chi connectivity index (χ2v) is 18.1. The highest BCUT2D eigenvalue weighted by atomic mass is 35.5. The number of hydrogen-bond acceptors (Lipinski definition) is 10. The number of imide groups is 1. The molecule has 4 aromatic rings. The minimum atomic E-state index is -0.790. The first-order valence-electron chi connectivity index (χ1n) is 20.6. The smallest absolute Gasteiger partial charge is 0.275 e. The molecule has 1 aliphatic carbocycles. The summed E-state index contributed by atoms with van der Waals surface area (Å²) in [4.78, 5) is 58.3. The van der Waals surface area contributed by atoms with E-state index in [0.29, 0.717) is 33.2 Å². The Labute approximate surface area is 349 Å². The molecule has 0 radical (unpaired) electrons. The predicted octanol–water partition coefficient (Wildman–Crippen LogP) is 5.55. The van der Waals surface area contributed by atoms with Crippen molar-refractivity contribution in [2.24, 2.45) is 16.7 Å². The fraction of sp³-hybridized carbons (Fsp3) is 0.467. The molecule has 3 amide bonds. The maximum absolute atomic E-state index is 13.5. The van der Waals surface area contributed by atoms with Crippen molar-refractivity contribution in [1.82, 2.24) is 25.3 Å². The molecular weight excluding hydrogens is 768 g/mol. The molecular formula is C45H51ClN8O5. The minimum Gasteiger partial charge on any atom is -0.489 e. The summed E-state index contributed by atoms with van der Waals surface area (Å²) in [6.07, 6.45) is 4.08. The molecule has 0 unspecified atom stereocenters. The number of nitrogens with one attached hydrogen (secondary N) is 2. The Hall–Kier alpha value is -5.45. The largest absolute Gasteiger partial charge is 0.489 e. The third-order valence-electron chi connectivity index (χ3n) is 13.1. The van der Waals surface area contributed by atoms with Crippen molar-refractivity contribution in [2.75, 3.05) is 55.6 Å². The van der Waals surface area contributed by atoms with E-state index in [1.165, 1.54) is 4.68 Å². The summed E-state index contributed by atoms with van der Waals surface area (Å²) < 4.78 is 7.60. The number of amides is 3.